The molecule has 0 radical (unpaired) electrons. The number of rotatable bonds is 5. The maximum atomic E-state index is 11.7. The molecule has 0 saturated carbocycles. The van der Waals surface area contributed by atoms with Crippen molar-refractivity contribution >= 4 is 11.9 Å². The van der Waals surface area contributed by atoms with E-state index in [4.69, 9.17) is 5.11 Å². The molecule has 0 spiro atoms. The first-order chi connectivity index (χ1) is 8.00. The lowest BCUT2D eigenvalue weighted by Gasteiger charge is -2.14. The Balaban J connectivity index is 2.50. The standard InChI is InChI=1S/C13H17NO3/c1-9(8-11-6-4-3-5-7-11)12(15)14-10(2)13(16)17/h3-7,9-10H,8H2,1-2H3,(H,14,15)(H,16,17)/t9?,10-/m0/s1. The summed E-state index contributed by atoms with van der Waals surface area (Å²) in [6.45, 7) is 3.24. The predicted octanol–water partition coefficient (Wildman–Crippen LogP) is 1.45. The van der Waals surface area contributed by atoms with E-state index in [1.807, 2.05) is 30.3 Å². The first-order valence-corrected chi connectivity index (χ1v) is 5.58. The highest BCUT2D eigenvalue weighted by Gasteiger charge is 2.18. The second-order valence-corrected chi connectivity index (χ2v) is 4.16. The van der Waals surface area contributed by atoms with Crippen LogP contribution in [0.5, 0.6) is 0 Å². The van der Waals surface area contributed by atoms with E-state index < -0.39 is 12.0 Å². The van der Waals surface area contributed by atoms with Gasteiger partial charge < -0.3 is 10.4 Å². The molecule has 1 amide bonds. The number of hydrogen-bond donors (Lipinski definition) is 2. The van der Waals surface area contributed by atoms with E-state index in [-0.39, 0.29) is 11.8 Å². The monoisotopic (exact) mass is 235 g/mol. The third-order valence-electron chi connectivity index (χ3n) is 2.56. The fraction of sp³-hybridized carbons (Fsp3) is 0.385. The number of amides is 1. The molecular weight excluding hydrogens is 218 g/mol. The highest BCUT2D eigenvalue weighted by Crippen LogP contribution is 2.08. The van der Waals surface area contributed by atoms with Gasteiger partial charge in [0.1, 0.15) is 6.04 Å². The van der Waals surface area contributed by atoms with E-state index >= 15 is 0 Å². The lowest BCUT2D eigenvalue weighted by atomic mass is 10.0. The number of aliphatic carboxylic acids is 1. The van der Waals surface area contributed by atoms with Gasteiger partial charge in [0.2, 0.25) is 5.91 Å². The van der Waals surface area contributed by atoms with E-state index in [0.717, 1.165) is 5.56 Å². The van der Waals surface area contributed by atoms with Crippen LogP contribution in [0.4, 0.5) is 0 Å². The molecule has 1 unspecified atom stereocenters. The van der Waals surface area contributed by atoms with Gasteiger partial charge in [-0.15, -0.1) is 0 Å². The fourth-order valence-corrected chi connectivity index (χ4v) is 1.48. The molecule has 0 saturated heterocycles. The van der Waals surface area contributed by atoms with Crippen molar-refractivity contribution in [3.63, 3.8) is 0 Å². The highest BCUT2D eigenvalue weighted by atomic mass is 16.4. The summed E-state index contributed by atoms with van der Waals surface area (Å²) in [7, 11) is 0. The summed E-state index contributed by atoms with van der Waals surface area (Å²) in [6.07, 6.45) is 0.610. The minimum absolute atomic E-state index is 0.233. The van der Waals surface area contributed by atoms with Crippen LogP contribution in [0.25, 0.3) is 0 Å². The first-order valence-electron chi connectivity index (χ1n) is 5.58. The number of carbonyl (C=O) groups is 2. The van der Waals surface area contributed by atoms with Crippen LogP contribution in [0.2, 0.25) is 0 Å². The summed E-state index contributed by atoms with van der Waals surface area (Å²) in [5.41, 5.74) is 1.07. The number of nitrogens with one attached hydrogen (secondary N) is 1. The van der Waals surface area contributed by atoms with E-state index in [9.17, 15) is 9.59 Å². The fourth-order valence-electron chi connectivity index (χ4n) is 1.48. The third-order valence-corrected chi connectivity index (χ3v) is 2.56. The van der Waals surface area contributed by atoms with Crippen LogP contribution < -0.4 is 5.32 Å². The molecule has 17 heavy (non-hydrogen) atoms. The zero-order valence-corrected chi connectivity index (χ0v) is 10.0. The maximum absolute atomic E-state index is 11.7. The Bertz CT molecular complexity index is 389. The largest absolute Gasteiger partial charge is 0.480 e. The molecule has 4 heteroatoms. The minimum Gasteiger partial charge on any atom is -0.480 e. The predicted molar refractivity (Wildman–Crippen MR) is 64.6 cm³/mol. The normalized spacial score (nSPS) is 13.8. The Morgan fingerprint density at radius 3 is 2.35 bits per heavy atom. The third kappa shape index (κ3) is 4.26. The van der Waals surface area contributed by atoms with Gasteiger partial charge in [-0.2, -0.15) is 0 Å². The number of carboxylic acid groups (broad SMARTS) is 1. The molecule has 4 nitrogen and oxygen atoms in total. The highest BCUT2D eigenvalue weighted by molar-refractivity contribution is 5.84. The first kappa shape index (κ1) is 13.2. The topological polar surface area (TPSA) is 66.4 Å². The molecule has 0 aromatic heterocycles. The van der Waals surface area contributed by atoms with Gasteiger partial charge in [0.15, 0.2) is 0 Å². The van der Waals surface area contributed by atoms with Gasteiger partial charge in [0.25, 0.3) is 0 Å². The van der Waals surface area contributed by atoms with Crippen LogP contribution in [0, 0.1) is 5.92 Å². The van der Waals surface area contributed by atoms with Gasteiger partial charge in [0, 0.05) is 5.92 Å². The average molecular weight is 235 g/mol. The molecule has 1 rings (SSSR count). The lowest BCUT2D eigenvalue weighted by molar-refractivity contribution is -0.141. The molecule has 0 bridgehead atoms. The minimum atomic E-state index is -1.02. The molecular formula is C13H17NO3. The van der Waals surface area contributed by atoms with Crippen LogP contribution >= 0.6 is 0 Å². The SMILES string of the molecule is CC(Cc1ccccc1)C(=O)N[C@@H](C)C(=O)O. The zero-order valence-electron chi connectivity index (χ0n) is 10.0. The molecule has 1 aromatic rings. The average Bonchev–Trinajstić information content (AvgIpc) is 2.29. The number of carbonyl (C=O) groups excluding carboxylic acids is 1. The molecule has 0 heterocycles. The van der Waals surface area contributed by atoms with Crippen LogP contribution in [0.3, 0.4) is 0 Å². The summed E-state index contributed by atoms with van der Waals surface area (Å²) >= 11 is 0. The number of benzene rings is 1. The maximum Gasteiger partial charge on any atom is 0.325 e. The number of carboxylic acids is 1. The quantitative estimate of drug-likeness (QED) is 0.811. The molecule has 0 fully saturated rings. The van der Waals surface area contributed by atoms with Crippen molar-refractivity contribution in [1.29, 1.82) is 0 Å². The van der Waals surface area contributed by atoms with Crippen molar-refractivity contribution in [2.45, 2.75) is 26.3 Å². The molecule has 0 aliphatic rings. The van der Waals surface area contributed by atoms with Crippen LogP contribution in [0.15, 0.2) is 30.3 Å². The summed E-state index contributed by atoms with van der Waals surface area (Å²) in [4.78, 5) is 22.3. The van der Waals surface area contributed by atoms with Crippen LogP contribution in [-0.2, 0) is 16.0 Å². The second kappa shape index (κ2) is 6.03. The van der Waals surface area contributed by atoms with Crippen molar-refractivity contribution in [3.8, 4) is 0 Å². The summed E-state index contributed by atoms with van der Waals surface area (Å²) in [5.74, 6) is -1.49. The molecule has 92 valence electrons. The Morgan fingerprint density at radius 1 is 1.24 bits per heavy atom. The van der Waals surface area contributed by atoms with Gasteiger partial charge >= 0.3 is 5.97 Å². The van der Waals surface area contributed by atoms with Crippen molar-refractivity contribution in [1.82, 2.24) is 5.32 Å². The van der Waals surface area contributed by atoms with Crippen molar-refractivity contribution in [2.24, 2.45) is 5.92 Å². The molecule has 2 atom stereocenters. The van der Waals surface area contributed by atoms with Gasteiger partial charge in [-0.1, -0.05) is 37.3 Å². The summed E-state index contributed by atoms with van der Waals surface area (Å²) < 4.78 is 0. The second-order valence-electron chi connectivity index (χ2n) is 4.16. The van der Waals surface area contributed by atoms with Gasteiger partial charge in [0.05, 0.1) is 0 Å². The zero-order chi connectivity index (χ0) is 12.8. The summed E-state index contributed by atoms with van der Waals surface area (Å²) in [6, 6.07) is 8.80. The van der Waals surface area contributed by atoms with Gasteiger partial charge in [-0.25, -0.2) is 0 Å². The van der Waals surface area contributed by atoms with Gasteiger partial charge in [-0.3, -0.25) is 9.59 Å². The van der Waals surface area contributed by atoms with E-state index in [0.29, 0.717) is 6.42 Å². The molecule has 0 aliphatic carbocycles. The van der Waals surface area contributed by atoms with Crippen LogP contribution in [-0.4, -0.2) is 23.0 Å². The van der Waals surface area contributed by atoms with E-state index in [1.165, 1.54) is 6.92 Å². The van der Waals surface area contributed by atoms with Gasteiger partial charge in [-0.05, 0) is 18.9 Å². The number of hydrogen-bond acceptors (Lipinski definition) is 2. The molecule has 0 aliphatic heterocycles. The Morgan fingerprint density at radius 2 is 1.82 bits per heavy atom. The van der Waals surface area contributed by atoms with Crippen molar-refractivity contribution in [3.05, 3.63) is 35.9 Å². The smallest absolute Gasteiger partial charge is 0.325 e. The Labute approximate surface area is 101 Å². The molecule has 1 aromatic carbocycles. The molecule has 2 N–H and O–H groups in total. The lowest BCUT2D eigenvalue weighted by Crippen LogP contribution is -2.41. The Hall–Kier alpha value is -1.84. The Kier molecular flexibility index (Phi) is 4.69. The summed E-state index contributed by atoms with van der Waals surface area (Å²) in [5, 5.41) is 11.1. The van der Waals surface area contributed by atoms with Crippen LogP contribution in [0.1, 0.15) is 19.4 Å². The van der Waals surface area contributed by atoms with E-state index in [1.54, 1.807) is 6.92 Å². The van der Waals surface area contributed by atoms with Crippen molar-refractivity contribution in [2.75, 3.05) is 0 Å². The van der Waals surface area contributed by atoms with E-state index in [2.05, 4.69) is 5.32 Å². The van der Waals surface area contributed by atoms with Crippen molar-refractivity contribution < 1.29 is 14.7 Å².